The zero-order valence-corrected chi connectivity index (χ0v) is 12.7. The van der Waals surface area contributed by atoms with E-state index in [2.05, 4.69) is 5.10 Å². The second-order valence-corrected chi connectivity index (χ2v) is 5.29. The fourth-order valence-electron chi connectivity index (χ4n) is 2.58. The van der Waals surface area contributed by atoms with E-state index in [9.17, 15) is 14.0 Å². The highest BCUT2D eigenvalue weighted by molar-refractivity contribution is 5.95. The van der Waals surface area contributed by atoms with E-state index in [-0.39, 0.29) is 17.4 Å². The second-order valence-electron chi connectivity index (χ2n) is 5.29. The number of benzene rings is 1. The van der Waals surface area contributed by atoms with Gasteiger partial charge in [-0.3, -0.25) is 9.59 Å². The van der Waals surface area contributed by atoms with Crippen molar-refractivity contribution in [3.05, 3.63) is 52.2 Å². The van der Waals surface area contributed by atoms with Gasteiger partial charge in [0.1, 0.15) is 5.82 Å². The molecule has 1 amide bonds. The number of nitrogens with zero attached hydrogens (tertiary/aromatic N) is 3. The average Bonchev–Trinajstić information content (AvgIpc) is 3.09. The lowest BCUT2D eigenvalue weighted by Gasteiger charge is -2.17. The number of hydrogen-bond acceptors (Lipinski definition) is 4. The van der Waals surface area contributed by atoms with Crippen LogP contribution in [0.1, 0.15) is 23.3 Å². The van der Waals surface area contributed by atoms with Crippen molar-refractivity contribution in [2.45, 2.75) is 12.8 Å². The Bertz CT molecular complexity index is 780. The Morgan fingerprint density at radius 2 is 1.87 bits per heavy atom. The lowest BCUT2D eigenvalue weighted by molar-refractivity contribution is 0.0781. The summed E-state index contributed by atoms with van der Waals surface area (Å²) in [5, 5.41) is 4.15. The smallest absolute Gasteiger partial charge is 0.278 e. The topological polar surface area (TPSA) is 64.4 Å². The molecular weight excluding hydrogens is 301 g/mol. The van der Waals surface area contributed by atoms with Crippen molar-refractivity contribution in [3.8, 4) is 11.4 Å². The van der Waals surface area contributed by atoms with E-state index in [4.69, 9.17) is 4.74 Å². The monoisotopic (exact) mass is 317 g/mol. The summed E-state index contributed by atoms with van der Waals surface area (Å²) < 4.78 is 19.3. The van der Waals surface area contributed by atoms with Crippen LogP contribution in [0.5, 0.6) is 5.75 Å². The van der Waals surface area contributed by atoms with Gasteiger partial charge in [-0.15, -0.1) is 0 Å². The van der Waals surface area contributed by atoms with Gasteiger partial charge in [-0.25, -0.2) is 4.39 Å². The van der Waals surface area contributed by atoms with Crippen molar-refractivity contribution >= 4 is 5.91 Å². The first-order valence-electron chi connectivity index (χ1n) is 7.34. The van der Waals surface area contributed by atoms with Gasteiger partial charge in [0.15, 0.2) is 11.4 Å². The Morgan fingerprint density at radius 1 is 1.22 bits per heavy atom. The molecule has 0 saturated carbocycles. The SMILES string of the molecule is COc1cc(=O)n(-c2ccc(F)cc2)nc1C(=O)N1CCCC1. The summed E-state index contributed by atoms with van der Waals surface area (Å²) in [6.07, 6.45) is 1.90. The molecule has 0 bridgehead atoms. The summed E-state index contributed by atoms with van der Waals surface area (Å²) in [5.74, 6) is -0.538. The fraction of sp³-hybridized carbons (Fsp3) is 0.312. The molecule has 0 spiro atoms. The fourth-order valence-corrected chi connectivity index (χ4v) is 2.58. The van der Waals surface area contributed by atoms with Gasteiger partial charge in [0.2, 0.25) is 0 Å². The molecule has 6 nitrogen and oxygen atoms in total. The standard InChI is InChI=1S/C16H16FN3O3/c1-23-13-10-14(21)20(12-6-4-11(17)5-7-12)18-15(13)16(22)19-8-2-3-9-19/h4-7,10H,2-3,8-9H2,1H3. The van der Waals surface area contributed by atoms with Crippen LogP contribution in [0.2, 0.25) is 0 Å². The van der Waals surface area contributed by atoms with Crippen molar-refractivity contribution in [1.29, 1.82) is 0 Å². The number of likely N-dealkylation sites (tertiary alicyclic amines) is 1. The lowest BCUT2D eigenvalue weighted by Crippen LogP contribution is -2.32. The number of halogens is 1. The van der Waals surface area contributed by atoms with Crippen LogP contribution >= 0.6 is 0 Å². The zero-order chi connectivity index (χ0) is 16.4. The van der Waals surface area contributed by atoms with Crippen LogP contribution in [0.15, 0.2) is 35.1 Å². The lowest BCUT2D eigenvalue weighted by atomic mass is 10.3. The van der Waals surface area contributed by atoms with Gasteiger partial charge < -0.3 is 9.64 Å². The first-order chi connectivity index (χ1) is 11.1. The van der Waals surface area contributed by atoms with Crippen LogP contribution in [0.3, 0.4) is 0 Å². The predicted octanol–water partition coefficient (Wildman–Crippen LogP) is 1.62. The highest BCUT2D eigenvalue weighted by atomic mass is 19.1. The Labute approximate surface area is 132 Å². The molecule has 2 heterocycles. The number of rotatable bonds is 3. The maximum absolute atomic E-state index is 13.0. The van der Waals surface area contributed by atoms with Crippen molar-refractivity contribution in [2.75, 3.05) is 20.2 Å². The van der Waals surface area contributed by atoms with E-state index in [1.54, 1.807) is 4.90 Å². The summed E-state index contributed by atoms with van der Waals surface area (Å²) >= 11 is 0. The number of methoxy groups -OCH3 is 1. The molecule has 1 saturated heterocycles. The maximum Gasteiger partial charge on any atom is 0.278 e. The highest BCUT2D eigenvalue weighted by Crippen LogP contribution is 2.19. The number of carbonyl (C=O) groups excluding carboxylic acids is 1. The minimum Gasteiger partial charge on any atom is -0.494 e. The minimum absolute atomic E-state index is 0.0818. The zero-order valence-electron chi connectivity index (χ0n) is 12.7. The first kappa shape index (κ1) is 15.2. The van der Waals surface area contributed by atoms with E-state index in [1.165, 1.54) is 37.4 Å². The van der Waals surface area contributed by atoms with Crippen LogP contribution in [0, 0.1) is 5.82 Å². The van der Waals surface area contributed by atoms with E-state index >= 15 is 0 Å². The van der Waals surface area contributed by atoms with E-state index in [0.29, 0.717) is 18.8 Å². The number of amides is 1. The molecule has 0 atom stereocenters. The van der Waals surface area contributed by atoms with Crippen LogP contribution < -0.4 is 10.3 Å². The average molecular weight is 317 g/mol. The molecule has 1 fully saturated rings. The predicted molar refractivity (Wildman–Crippen MR) is 81.5 cm³/mol. The molecule has 23 heavy (non-hydrogen) atoms. The molecule has 0 unspecified atom stereocenters. The summed E-state index contributed by atoms with van der Waals surface area (Å²) in [7, 11) is 1.39. The van der Waals surface area contributed by atoms with E-state index in [0.717, 1.165) is 17.5 Å². The summed E-state index contributed by atoms with van der Waals surface area (Å²) in [6.45, 7) is 1.33. The van der Waals surface area contributed by atoms with Gasteiger partial charge in [0, 0.05) is 13.1 Å². The van der Waals surface area contributed by atoms with Gasteiger partial charge in [-0.05, 0) is 37.1 Å². The van der Waals surface area contributed by atoms with Crippen LogP contribution in [0.25, 0.3) is 5.69 Å². The maximum atomic E-state index is 13.0. The van der Waals surface area contributed by atoms with E-state index < -0.39 is 11.4 Å². The molecule has 0 radical (unpaired) electrons. The molecule has 1 aromatic heterocycles. The molecule has 1 aliphatic heterocycles. The summed E-state index contributed by atoms with van der Waals surface area (Å²) in [6, 6.07) is 6.55. The third-order valence-electron chi connectivity index (χ3n) is 3.78. The summed E-state index contributed by atoms with van der Waals surface area (Å²) in [4.78, 5) is 26.5. The van der Waals surface area contributed by atoms with Crippen molar-refractivity contribution < 1.29 is 13.9 Å². The molecule has 7 heteroatoms. The summed E-state index contributed by atoms with van der Waals surface area (Å²) in [5.41, 5.74) is 0.0132. The van der Waals surface area contributed by atoms with Crippen LogP contribution in [-0.2, 0) is 0 Å². The van der Waals surface area contributed by atoms with Gasteiger partial charge in [0.05, 0.1) is 18.9 Å². The normalized spacial score (nSPS) is 14.1. The van der Waals surface area contributed by atoms with Crippen molar-refractivity contribution in [1.82, 2.24) is 14.7 Å². The molecule has 3 rings (SSSR count). The molecule has 0 N–H and O–H groups in total. The van der Waals surface area contributed by atoms with Gasteiger partial charge in [-0.2, -0.15) is 9.78 Å². The molecule has 1 aliphatic rings. The second kappa shape index (κ2) is 6.20. The number of carbonyl (C=O) groups is 1. The van der Waals surface area contributed by atoms with Gasteiger partial charge in [-0.1, -0.05) is 0 Å². The number of hydrogen-bond donors (Lipinski definition) is 0. The third-order valence-corrected chi connectivity index (χ3v) is 3.78. The number of aromatic nitrogens is 2. The van der Waals surface area contributed by atoms with Gasteiger partial charge in [0.25, 0.3) is 11.5 Å². The third kappa shape index (κ3) is 2.94. The molecule has 1 aromatic carbocycles. The molecular formula is C16H16FN3O3. The minimum atomic E-state index is -0.452. The van der Waals surface area contributed by atoms with E-state index in [1.807, 2.05) is 0 Å². The van der Waals surface area contributed by atoms with Crippen molar-refractivity contribution in [3.63, 3.8) is 0 Å². The Hall–Kier alpha value is -2.70. The molecule has 0 aliphatic carbocycles. The Morgan fingerprint density at radius 3 is 2.48 bits per heavy atom. The van der Waals surface area contributed by atoms with Gasteiger partial charge >= 0.3 is 0 Å². The molecule has 2 aromatic rings. The van der Waals surface area contributed by atoms with Crippen molar-refractivity contribution in [2.24, 2.45) is 0 Å². The largest absolute Gasteiger partial charge is 0.494 e. The van der Waals surface area contributed by atoms with Crippen LogP contribution in [-0.4, -0.2) is 40.8 Å². The quantitative estimate of drug-likeness (QED) is 0.863. The molecule has 120 valence electrons. The first-order valence-corrected chi connectivity index (χ1v) is 7.34. The number of ether oxygens (including phenoxy) is 1. The highest BCUT2D eigenvalue weighted by Gasteiger charge is 2.25. The van der Waals surface area contributed by atoms with Crippen LogP contribution in [0.4, 0.5) is 4.39 Å². The Balaban J connectivity index is 2.07. The Kier molecular flexibility index (Phi) is 4.10.